The van der Waals surface area contributed by atoms with Gasteiger partial charge in [0.15, 0.2) is 0 Å². The maximum Gasteiger partial charge on any atom is 0.266 e. The third kappa shape index (κ3) is 5.72. The largest absolute Gasteiger partial charge is 0.340 e. The summed E-state index contributed by atoms with van der Waals surface area (Å²) in [5.74, 6) is -0.647. The summed E-state index contributed by atoms with van der Waals surface area (Å²) in [5.41, 5.74) is 3.93. The third-order valence-electron chi connectivity index (χ3n) is 4.07. The van der Waals surface area contributed by atoms with Crippen molar-refractivity contribution in [2.24, 2.45) is 5.92 Å². The summed E-state index contributed by atoms with van der Waals surface area (Å²) in [6.07, 6.45) is 0.756. The number of carbonyl (C=O) groups excluding carboxylic acids is 2. The molecular formula is C20H24N2O3. The number of nitrogens with one attached hydrogen (secondary N) is 2. The van der Waals surface area contributed by atoms with E-state index in [1.165, 1.54) is 0 Å². The summed E-state index contributed by atoms with van der Waals surface area (Å²) >= 11 is 0. The monoisotopic (exact) mass is 340 g/mol. The molecule has 0 aliphatic rings. The van der Waals surface area contributed by atoms with E-state index in [0.717, 1.165) is 12.0 Å². The molecule has 0 aromatic heterocycles. The van der Waals surface area contributed by atoms with Gasteiger partial charge in [0, 0.05) is 5.56 Å². The second-order valence-corrected chi connectivity index (χ2v) is 5.94. The second-order valence-electron chi connectivity index (χ2n) is 5.94. The van der Waals surface area contributed by atoms with Gasteiger partial charge in [-0.3, -0.25) is 14.4 Å². The fraction of sp³-hybridized carbons (Fsp3) is 0.300. The molecule has 25 heavy (non-hydrogen) atoms. The molecule has 5 heteroatoms. The number of hydrogen-bond donors (Lipinski definition) is 2. The van der Waals surface area contributed by atoms with Crippen molar-refractivity contribution in [2.75, 3.05) is 0 Å². The number of carbonyl (C=O) groups is 2. The number of hydrogen-bond acceptors (Lipinski definition) is 3. The lowest BCUT2D eigenvalue weighted by molar-refractivity contribution is -0.137. The van der Waals surface area contributed by atoms with Crippen LogP contribution in [0.3, 0.4) is 0 Å². The number of hydroxylamine groups is 1. The molecule has 5 nitrogen and oxygen atoms in total. The van der Waals surface area contributed by atoms with Gasteiger partial charge >= 0.3 is 0 Å². The SMILES string of the molecule is CC[C@@H](C)[C@H](NC(=O)c1ccccc1)C(=O)NOCc1ccccc1. The molecule has 0 bridgehead atoms. The average molecular weight is 340 g/mol. The van der Waals surface area contributed by atoms with Gasteiger partial charge in [-0.1, -0.05) is 68.8 Å². The number of benzene rings is 2. The van der Waals surface area contributed by atoms with Crippen molar-refractivity contribution in [3.05, 3.63) is 71.8 Å². The number of rotatable bonds is 8. The molecule has 0 heterocycles. The van der Waals surface area contributed by atoms with Gasteiger partial charge < -0.3 is 5.32 Å². The highest BCUT2D eigenvalue weighted by atomic mass is 16.6. The molecular weight excluding hydrogens is 316 g/mol. The smallest absolute Gasteiger partial charge is 0.266 e. The topological polar surface area (TPSA) is 67.4 Å². The van der Waals surface area contributed by atoms with E-state index in [1.807, 2.05) is 50.2 Å². The van der Waals surface area contributed by atoms with Gasteiger partial charge in [-0.2, -0.15) is 0 Å². The minimum atomic E-state index is -0.659. The molecule has 0 aliphatic carbocycles. The molecule has 0 unspecified atom stereocenters. The zero-order valence-electron chi connectivity index (χ0n) is 14.6. The van der Waals surface area contributed by atoms with E-state index in [0.29, 0.717) is 5.56 Å². The van der Waals surface area contributed by atoms with Crippen LogP contribution in [0.5, 0.6) is 0 Å². The van der Waals surface area contributed by atoms with Gasteiger partial charge in [-0.15, -0.1) is 0 Å². The first-order valence-corrected chi connectivity index (χ1v) is 8.43. The molecule has 0 radical (unpaired) electrons. The Balaban J connectivity index is 1.94. The van der Waals surface area contributed by atoms with Crippen LogP contribution in [-0.2, 0) is 16.2 Å². The molecule has 2 atom stereocenters. The van der Waals surface area contributed by atoms with Gasteiger partial charge in [0.2, 0.25) is 0 Å². The van der Waals surface area contributed by atoms with E-state index in [-0.39, 0.29) is 24.3 Å². The van der Waals surface area contributed by atoms with E-state index >= 15 is 0 Å². The predicted octanol–water partition coefficient (Wildman–Crippen LogP) is 3.08. The molecule has 2 aromatic carbocycles. The maximum absolute atomic E-state index is 12.4. The van der Waals surface area contributed by atoms with Crippen LogP contribution >= 0.6 is 0 Å². The number of amides is 2. The first-order valence-electron chi connectivity index (χ1n) is 8.43. The zero-order valence-corrected chi connectivity index (χ0v) is 14.6. The summed E-state index contributed by atoms with van der Waals surface area (Å²) in [7, 11) is 0. The summed E-state index contributed by atoms with van der Waals surface area (Å²) in [6.45, 7) is 4.17. The molecule has 2 amide bonds. The molecule has 0 fully saturated rings. The van der Waals surface area contributed by atoms with Crippen LogP contribution in [0.1, 0.15) is 36.2 Å². The van der Waals surface area contributed by atoms with E-state index < -0.39 is 6.04 Å². The second kappa shape index (κ2) is 9.59. The van der Waals surface area contributed by atoms with Crippen LogP contribution in [0.15, 0.2) is 60.7 Å². The van der Waals surface area contributed by atoms with Crippen LogP contribution in [0.25, 0.3) is 0 Å². The Morgan fingerprint density at radius 1 is 1.00 bits per heavy atom. The summed E-state index contributed by atoms with van der Waals surface area (Å²) in [5, 5.41) is 2.80. The molecule has 0 aliphatic heterocycles. The lowest BCUT2D eigenvalue weighted by Gasteiger charge is -2.23. The maximum atomic E-state index is 12.4. The van der Waals surface area contributed by atoms with E-state index in [1.54, 1.807) is 24.3 Å². The Bertz CT molecular complexity index is 674. The van der Waals surface area contributed by atoms with E-state index in [4.69, 9.17) is 4.84 Å². The van der Waals surface area contributed by atoms with Crippen molar-refractivity contribution in [1.82, 2.24) is 10.8 Å². The molecule has 2 aromatic rings. The fourth-order valence-electron chi connectivity index (χ4n) is 2.34. The van der Waals surface area contributed by atoms with Gasteiger partial charge in [0.1, 0.15) is 6.04 Å². The molecule has 2 N–H and O–H groups in total. The molecule has 132 valence electrons. The van der Waals surface area contributed by atoms with Crippen molar-refractivity contribution in [3.63, 3.8) is 0 Å². The summed E-state index contributed by atoms with van der Waals surface area (Å²) in [4.78, 5) is 30.1. The minimum absolute atomic E-state index is 0.0204. The summed E-state index contributed by atoms with van der Waals surface area (Å²) in [6, 6.07) is 17.7. The van der Waals surface area contributed by atoms with Gasteiger partial charge in [0.25, 0.3) is 11.8 Å². The van der Waals surface area contributed by atoms with Crippen LogP contribution < -0.4 is 10.8 Å². The third-order valence-corrected chi connectivity index (χ3v) is 4.07. The average Bonchev–Trinajstić information content (AvgIpc) is 2.66. The Morgan fingerprint density at radius 3 is 2.20 bits per heavy atom. The van der Waals surface area contributed by atoms with Crippen LogP contribution in [0.2, 0.25) is 0 Å². The first-order chi connectivity index (χ1) is 12.1. The molecule has 0 saturated heterocycles. The van der Waals surface area contributed by atoms with Gasteiger partial charge in [-0.05, 0) is 23.6 Å². The molecule has 2 rings (SSSR count). The van der Waals surface area contributed by atoms with E-state index in [2.05, 4.69) is 10.8 Å². The highest BCUT2D eigenvalue weighted by Gasteiger charge is 2.26. The zero-order chi connectivity index (χ0) is 18.1. The highest BCUT2D eigenvalue weighted by Crippen LogP contribution is 2.10. The van der Waals surface area contributed by atoms with Gasteiger partial charge in [0.05, 0.1) is 6.61 Å². The van der Waals surface area contributed by atoms with Crippen LogP contribution in [-0.4, -0.2) is 17.9 Å². The highest BCUT2D eigenvalue weighted by molar-refractivity contribution is 5.97. The minimum Gasteiger partial charge on any atom is -0.340 e. The Hall–Kier alpha value is -2.66. The van der Waals surface area contributed by atoms with Crippen molar-refractivity contribution in [1.29, 1.82) is 0 Å². The lowest BCUT2D eigenvalue weighted by atomic mass is 9.98. The van der Waals surface area contributed by atoms with Gasteiger partial charge in [-0.25, -0.2) is 5.48 Å². The van der Waals surface area contributed by atoms with Crippen LogP contribution in [0, 0.1) is 5.92 Å². The van der Waals surface area contributed by atoms with Crippen LogP contribution in [0.4, 0.5) is 0 Å². The Kier molecular flexibility index (Phi) is 7.16. The normalized spacial score (nSPS) is 12.9. The quantitative estimate of drug-likeness (QED) is 0.726. The van der Waals surface area contributed by atoms with Crippen molar-refractivity contribution in [3.8, 4) is 0 Å². The Morgan fingerprint density at radius 2 is 1.60 bits per heavy atom. The summed E-state index contributed by atoms with van der Waals surface area (Å²) < 4.78 is 0. The van der Waals surface area contributed by atoms with Crippen molar-refractivity contribution in [2.45, 2.75) is 32.9 Å². The fourth-order valence-corrected chi connectivity index (χ4v) is 2.34. The lowest BCUT2D eigenvalue weighted by Crippen LogP contribution is -2.50. The van der Waals surface area contributed by atoms with Crippen molar-refractivity contribution < 1.29 is 14.4 Å². The standard InChI is InChI=1S/C20H24N2O3/c1-3-15(2)18(21-19(23)17-12-8-5-9-13-17)20(24)22-25-14-16-10-6-4-7-11-16/h4-13,15,18H,3,14H2,1-2H3,(H,21,23)(H,22,24)/t15-,18+/m1/s1. The Labute approximate surface area is 148 Å². The molecule has 0 saturated carbocycles. The van der Waals surface area contributed by atoms with E-state index in [9.17, 15) is 9.59 Å². The first kappa shape index (κ1) is 18.7. The van der Waals surface area contributed by atoms with Crippen molar-refractivity contribution >= 4 is 11.8 Å². The molecule has 0 spiro atoms. The predicted molar refractivity (Wildman–Crippen MR) is 96.5 cm³/mol.